The number of rotatable bonds is 7. The molecule has 0 aliphatic heterocycles. The lowest BCUT2D eigenvalue weighted by atomic mass is 10.2. The van der Waals surface area contributed by atoms with Crippen LogP contribution in [0.15, 0.2) is 35.4 Å². The average molecular weight is 271 g/mol. The highest BCUT2D eigenvalue weighted by Crippen LogP contribution is 2.07. The van der Waals surface area contributed by atoms with Gasteiger partial charge >= 0.3 is 0 Å². The molecule has 0 saturated heterocycles. The largest absolute Gasteiger partial charge is 0.391 e. The van der Waals surface area contributed by atoms with Crippen LogP contribution in [0.2, 0.25) is 0 Å². The Hall–Kier alpha value is -1.60. The highest BCUT2D eigenvalue weighted by molar-refractivity contribution is 7.85. The minimum absolute atomic E-state index is 0.225. The van der Waals surface area contributed by atoms with Gasteiger partial charge in [-0.3, -0.25) is 4.18 Å². The summed E-state index contributed by atoms with van der Waals surface area (Å²) in [4.78, 5) is 2.45. The van der Waals surface area contributed by atoms with E-state index in [1.54, 1.807) is 30.3 Å². The predicted molar refractivity (Wildman–Crippen MR) is 65.0 cm³/mol. The Bertz CT molecular complexity index is 511. The SMILES string of the molecule is [N-]=[N+]=NCC(O)COS(=O)(=O)Cc1ccccc1. The summed E-state index contributed by atoms with van der Waals surface area (Å²) < 4.78 is 27.7. The first-order valence-electron chi connectivity index (χ1n) is 5.13. The van der Waals surface area contributed by atoms with Gasteiger partial charge < -0.3 is 5.11 Å². The first kappa shape index (κ1) is 14.5. The molecule has 1 aromatic rings. The molecule has 7 nitrogen and oxygen atoms in total. The van der Waals surface area contributed by atoms with Crippen LogP contribution in [0.4, 0.5) is 0 Å². The van der Waals surface area contributed by atoms with Gasteiger partial charge in [-0.25, -0.2) is 0 Å². The van der Waals surface area contributed by atoms with Crippen LogP contribution in [0.5, 0.6) is 0 Å². The van der Waals surface area contributed by atoms with Gasteiger partial charge in [-0.2, -0.15) is 8.42 Å². The third-order valence-corrected chi connectivity index (χ3v) is 3.16. The van der Waals surface area contributed by atoms with Crippen LogP contribution in [0.1, 0.15) is 5.56 Å². The summed E-state index contributed by atoms with van der Waals surface area (Å²) in [6.45, 7) is -0.647. The number of aliphatic hydroxyl groups is 1. The average Bonchev–Trinajstić information content (AvgIpc) is 2.35. The van der Waals surface area contributed by atoms with Crippen LogP contribution in [0.3, 0.4) is 0 Å². The van der Waals surface area contributed by atoms with Crippen molar-refractivity contribution in [3.8, 4) is 0 Å². The zero-order valence-corrected chi connectivity index (χ0v) is 10.3. The van der Waals surface area contributed by atoms with E-state index in [1.165, 1.54) is 0 Å². The molecule has 0 heterocycles. The molecule has 1 unspecified atom stereocenters. The number of hydrogen-bond acceptors (Lipinski definition) is 5. The van der Waals surface area contributed by atoms with Gasteiger partial charge in [0.15, 0.2) is 0 Å². The van der Waals surface area contributed by atoms with Crippen molar-refractivity contribution < 1.29 is 17.7 Å². The van der Waals surface area contributed by atoms with Gasteiger partial charge in [0, 0.05) is 4.91 Å². The second kappa shape index (κ2) is 6.97. The maximum Gasteiger partial charge on any atom is 0.271 e. The summed E-state index contributed by atoms with van der Waals surface area (Å²) in [5, 5.41) is 12.4. The summed E-state index contributed by atoms with van der Waals surface area (Å²) in [5.41, 5.74) is 8.63. The topological polar surface area (TPSA) is 112 Å². The van der Waals surface area contributed by atoms with Crippen molar-refractivity contribution in [1.29, 1.82) is 0 Å². The number of hydrogen-bond donors (Lipinski definition) is 1. The summed E-state index contributed by atoms with van der Waals surface area (Å²) in [5.74, 6) is -0.262. The molecule has 1 atom stereocenters. The van der Waals surface area contributed by atoms with Crippen molar-refractivity contribution in [3.05, 3.63) is 46.3 Å². The van der Waals surface area contributed by atoms with Crippen molar-refractivity contribution in [2.75, 3.05) is 13.2 Å². The minimum atomic E-state index is -3.75. The molecule has 0 radical (unpaired) electrons. The lowest BCUT2D eigenvalue weighted by Crippen LogP contribution is -2.22. The van der Waals surface area contributed by atoms with E-state index < -0.39 is 22.8 Å². The van der Waals surface area contributed by atoms with E-state index >= 15 is 0 Å². The van der Waals surface area contributed by atoms with Gasteiger partial charge in [0.1, 0.15) is 5.75 Å². The quantitative estimate of drug-likeness (QED) is 0.347. The van der Waals surface area contributed by atoms with Crippen LogP contribution in [0, 0.1) is 0 Å². The molecule has 8 heteroatoms. The van der Waals surface area contributed by atoms with E-state index in [-0.39, 0.29) is 12.3 Å². The first-order valence-corrected chi connectivity index (χ1v) is 6.71. The molecule has 1 aromatic carbocycles. The van der Waals surface area contributed by atoms with Crippen LogP contribution in [0.25, 0.3) is 10.4 Å². The van der Waals surface area contributed by atoms with E-state index in [0.717, 1.165) is 0 Å². The Kier molecular flexibility index (Phi) is 5.60. The van der Waals surface area contributed by atoms with Crippen LogP contribution < -0.4 is 0 Å². The van der Waals surface area contributed by atoms with Crippen molar-refractivity contribution in [3.63, 3.8) is 0 Å². The van der Waals surface area contributed by atoms with E-state index in [9.17, 15) is 13.5 Å². The van der Waals surface area contributed by atoms with Gasteiger partial charge in [0.25, 0.3) is 10.1 Å². The Morgan fingerprint density at radius 2 is 2.06 bits per heavy atom. The molecule has 18 heavy (non-hydrogen) atoms. The van der Waals surface area contributed by atoms with Gasteiger partial charge in [-0.1, -0.05) is 35.4 Å². The van der Waals surface area contributed by atoms with Gasteiger partial charge in [-0.05, 0) is 11.1 Å². The Balaban J connectivity index is 2.48. The van der Waals surface area contributed by atoms with Crippen molar-refractivity contribution in [2.45, 2.75) is 11.9 Å². The zero-order valence-electron chi connectivity index (χ0n) is 9.51. The maximum atomic E-state index is 11.5. The molecule has 0 fully saturated rings. The maximum absolute atomic E-state index is 11.5. The van der Waals surface area contributed by atoms with Crippen molar-refractivity contribution in [2.24, 2.45) is 5.11 Å². The third kappa shape index (κ3) is 5.65. The van der Waals surface area contributed by atoms with Crippen LogP contribution in [-0.4, -0.2) is 32.8 Å². The van der Waals surface area contributed by atoms with Gasteiger partial charge in [0.2, 0.25) is 0 Å². The van der Waals surface area contributed by atoms with E-state index in [1.807, 2.05) is 0 Å². The van der Waals surface area contributed by atoms with Crippen LogP contribution >= 0.6 is 0 Å². The van der Waals surface area contributed by atoms with E-state index in [0.29, 0.717) is 5.56 Å². The highest BCUT2D eigenvalue weighted by atomic mass is 32.2. The molecule has 0 aromatic heterocycles. The monoisotopic (exact) mass is 271 g/mol. The summed E-state index contributed by atoms with van der Waals surface area (Å²) >= 11 is 0. The second-order valence-corrected chi connectivity index (χ2v) is 5.18. The molecule has 98 valence electrons. The van der Waals surface area contributed by atoms with Crippen LogP contribution in [-0.2, 0) is 20.1 Å². The van der Waals surface area contributed by atoms with Crippen molar-refractivity contribution in [1.82, 2.24) is 0 Å². The number of benzene rings is 1. The molecule has 0 aliphatic carbocycles. The predicted octanol–water partition coefficient (Wildman–Crippen LogP) is 1.20. The minimum Gasteiger partial charge on any atom is -0.391 e. The molecule has 0 bridgehead atoms. The number of nitrogens with zero attached hydrogens (tertiary/aromatic N) is 3. The first-order chi connectivity index (χ1) is 8.53. The van der Waals surface area contributed by atoms with E-state index in [4.69, 9.17) is 5.53 Å². The molecule has 0 aliphatic rings. The summed E-state index contributed by atoms with van der Waals surface area (Å²) in [6.07, 6.45) is -1.13. The standard InChI is InChI=1S/C10H13N3O4S/c11-13-12-6-10(14)7-17-18(15,16)8-9-4-2-1-3-5-9/h1-5,10,14H,6-8H2. The molecule has 0 spiro atoms. The van der Waals surface area contributed by atoms with E-state index in [2.05, 4.69) is 14.2 Å². The molecule has 1 rings (SSSR count). The molecular formula is C10H13N3O4S. The summed E-state index contributed by atoms with van der Waals surface area (Å²) in [6, 6.07) is 8.55. The smallest absolute Gasteiger partial charge is 0.271 e. The van der Waals surface area contributed by atoms with Gasteiger partial charge in [-0.15, -0.1) is 0 Å². The Morgan fingerprint density at radius 3 is 2.67 bits per heavy atom. The Morgan fingerprint density at radius 1 is 1.39 bits per heavy atom. The number of aliphatic hydroxyl groups excluding tert-OH is 1. The normalized spacial score (nSPS) is 12.7. The lowest BCUT2D eigenvalue weighted by Gasteiger charge is -2.08. The highest BCUT2D eigenvalue weighted by Gasteiger charge is 2.14. The second-order valence-electron chi connectivity index (χ2n) is 3.54. The van der Waals surface area contributed by atoms with Crippen molar-refractivity contribution >= 4 is 10.1 Å². The lowest BCUT2D eigenvalue weighted by molar-refractivity contribution is 0.117. The molecular weight excluding hydrogens is 258 g/mol. The third-order valence-electron chi connectivity index (χ3n) is 1.98. The molecule has 1 N–H and O–H groups in total. The molecule has 0 amide bonds. The fourth-order valence-electron chi connectivity index (χ4n) is 1.19. The summed E-state index contributed by atoms with van der Waals surface area (Å²) in [7, 11) is -3.75. The fraction of sp³-hybridized carbons (Fsp3) is 0.400. The zero-order chi connectivity index (χ0) is 13.4. The molecule has 0 saturated carbocycles. The Labute approximate surface area is 105 Å². The van der Waals surface area contributed by atoms with Gasteiger partial charge in [0.05, 0.1) is 19.3 Å². The number of azide groups is 1. The fourth-order valence-corrected chi connectivity index (χ4v) is 2.23.